The Morgan fingerprint density at radius 3 is 1.48 bits per heavy atom. The minimum atomic E-state index is -0.439. The highest BCUT2D eigenvalue weighted by molar-refractivity contribution is 5.99. The van der Waals surface area contributed by atoms with Gasteiger partial charge in [0.25, 0.3) is 5.91 Å². The van der Waals surface area contributed by atoms with E-state index in [1.807, 2.05) is 77.9 Å². The molecular weight excluding hydrogens is 611 g/mol. The number of anilines is 2. The van der Waals surface area contributed by atoms with Crippen molar-refractivity contribution in [1.82, 2.24) is 4.90 Å². The molecule has 7 heteroatoms. The normalized spacial score (nSPS) is 16.9. The quantitative estimate of drug-likeness (QED) is 0.369. The number of hydrogen-bond donors (Lipinski definition) is 2. The van der Waals surface area contributed by atoms with Gasteiger partial charge in [-0.25, -0.2) is 0 Å². The largest absolute Gasteiger partial charge is 1.00 e. The highest BCUT2D eigenvalue weighted by Gasteiger charge is 2.48. The zero-order chi connectivity index (χ0) is 29.0. The molecule has 4 rings (SSSR count). The summed E-state index contributed by atoms with van der Waals surface area (Å²) in [6.07, 6.45) is 4.83. The minimum absolute atomic E-state index is 0. The predicted molar refractivity (Wildman–Crippen MR) is 163 cm³/mol. The molecule has 0 bridgehead atoms. The average molecular weight is 663 g/mol. The number of carbonyl (C=O) groups is 2. The molecule has 0 atom stereocenters. The third kappa shape index (κ3) is 7.45. The van der Waals surface area contributed by atoms with E-state index >= 15 is 0 Å². The van der Waals surface area contributed by atoms with Crippen LogP contribution in [0.15, 0.2) is 36.4 Å². The van der Waals surface area contributed by atoms with E-state index in [4.69, 9.17) is 0 Å². The standard InChI is InChI=1S/C17H26N2O.C16H24N2O.HI/c1-13-9-8-10-14(2)15(13)18-16(20)17(3,4)19(5)11-6-7-12-19;1-12-8-7-9-13(2)14(12)17-15(19)16(3,4)18-10-5-6-11-18;/h8-10H,6-7,11-12H2,1-5H3;7-9H,5-6,10-11H2,1-4H3,(H,17,19);1H. The highest BCUT2D eigenvalue weighted by Crippen LogP contribution is 2.31. The number of amides is 2. The number of nitrogens with one attached hydrogen (secondary N) is 2. The van der Waals surface area contributed by atoms with Gasteiger partial charge in [0.05, 0.1) is 25.7 Å². The molecule has 0 unspecified atom stereocenters. The van der Waals surface area contributed by atoms with Crippen LogP contribution >= 0.6 is 0 Å². The lowest BCUT2D eigenvalue weighted by Gasteiger charge is -2.43. The Bertz CT molecular complexity index is 1140. The van der Waals surface area contributed by atoms with Crippen LogP contribution in [0.1, 0.15) is 75.6 Å². The van der Waals surface area contributed by atoms with Gasteiger partial charge >= 0.3 is 0 Å². The summed E-state index contributed by atoms with van der Waals surface area (Å²) in [5, 5.41) is 6.28. The lowest BCUT2D eigenvalue weighted by Crippen LogP contribution is -3.00. The van der Waals surface area contributed by atoms with Gasteiger partial charge in [-0.1, -0.05) is 36.4 Å². The van der Waals surface area contributed by atoms with Crippen LogP contribution < -0.4 is 34.6 Å². The second-order valence-corrected chi connectivity index (χ2v) is 12.8. The average Bonchev–Trinajstić information content (AvgIpc) is 3.57. The SMILES string of the molecule is Cc1cccc(C)c1NC(=O)C(C)(C)N1CCCC1.Cc1cccc(C)c1NC(=O)C(C)(C)[N+]1(C)CCCC1.[I-]. The van der Waals surface area contributed by atoms with Crippen LogP contribution in [0.4, 0.5) is 11.4 Å². The number of nitrogens with zero attached hydrogens (tertiary/aromatic N) is 2. The van der Waals surface area contributed by atoms with Crippen molar-refractivity contribution < 1.29 is 38.0 Å². The van der Waals surface area contributed by atoms with Crippen molar-refractivity contribution in [3.8, 4) is 0 Å². The molecule has 2 fully saturated rings. The number of quaternary nitrogens is 1. The zero-order valence-corrected chi connectivity index (χ0v) is 28.4. The molecule has 2 aliphatic heterocycles. The fraction of sp³-hybridized carbons (Fsp3) is 0.576. The molecule has 6 nitrogen and oxygen atoms in total. The highest BCUT2D eigenvalue weighted by atomic mass is 127. The lowest BCUT2D eigenvalue weighted by atomic mass is 9.98. The van der Waals surface area contributed by atoms with Gasteiger partial charge in [0, 0.05) is 24.2 Å². The van der Waals surface area contributed by atoms with Gasteiger partial charge in [-0.3, -0.25) is 14.5 Å². The van der Waals surface area contributed by atoms with Gasteiger partial charge in [0.15, 0.2) is 5.54 Å². The molecule has 2 aromatic rings. The number of likely N-dealkylation sites (tertiary alicyclic amines) is 2. The zero-order valence-electron chi connectivity index (χ0n) is 26.2. The first-order chi connectivity index (χ1) is 18.2. The number of aryl methyl sites for hydroxylation is 4. The summed E-state index contributed by atoms with van der Waals surface area (Å²) in [5.74, 6) is 0.214. The van der Waals surface area contributed by atoms with Crippen LogP contribution in [0.3, 0.4) is 0 Å². The van der Waals surface area contributed by atoms with E-state index in [1.54, 1.807) is 0 Å². The van der Waals surface area contributed by atoms with Gasteiger partial charge in [-0.2, -0.15) is 0 Å². The molecule has 2 aromatic carbocycles. The van der Waals surface area contributed by atoms with E-state index in [-0.39, 0.29) is 35.8 Å². The molecule has 2 heterocycles. The number of halogens is 1. The summed E-state index contributed by atoms with van der Waals surface area (Å²) in [5.41, 5.74) is 5.57. The van der Waals surface area contributed by atoms with Gasteiger partial charge in [-0.05, 0) is 104 Å². The molecule has 0 spiro atoms. The fourth-order valence-corrected chi connectivity index (χ4v) is 5.81. The van der Waals surface area contributed by atoms with Crippen LogP contribution in [0.2, 0.25) is 0 Å². The fourth-order valence-electron chi connectivity index (χ4n) is 5.81. The van der Waals surface area contributed by atoms with E-state index in [2.05, 4.69) is 36.4 Å². The third-order valence-corrected chi connectivity index (χ3v) is 9.35. The molecule has 2 saturated heterocycles. The molecule has 222 valence electrons. The number of likely N-dealkylation sites (N-methyl/N-ethyl adjacent to an activating group) is 1. The van der Waals surface area contributed by atoms with E-state index in [0.717, 1.165) is 64.3 Å². The lowest BCUT2D eigenvalue weighted by molar-refractivity contribution is -0.934. The molecule has 40 heavy (non-hydrogen) atoms. The maximum atomic E-state index is 12.8. The van der Waals surface area contributed by atoms with Crippen molar-refractivity contribution in [2.24, 2.45) is 0 Å². The van der Waals surface area contributed by atoms with Crippen LogP contribution in [-0.2, 0) is 9.59 Å². The molecule has 0 radical (unpaired) electrons. The van der Waals surface area contributed by atoms with E-state index in [0.29, 0.717) is 0 Å². The molecule has 2 amide bonds. The maximum absolute atomic E-state index is 12.8. The molecular formula is C33H51IN4O2. The summed E-state index contributed by atoms with van der Waals surface area (Å²) in [6, 6.07) is 12.2. The summed E-state index contributed by atoms with van der Waals surface area (Å²) >= 11 is 0. The Hall–Kier alpha value is -1.97. The first kappa shape index (κ1) is 34.2. The van der Waals surface area contributed by atoms with Gasteiger partial charge < -0.3 is 39.1 Å². The second-order valence-electron chi connectivity index (χ2n) is 12.8. The smallest absolute Gasteiger partial charge is 0.285 e. The number of hydrogen-bond acceptors (Lipinski definition) is 3. The Morgan fingerprint density at radius 2 is 1.07 bits per heavy atom. The van der Waals surface area contributed by atoms with Gasteiger partial charge in [-0.15, -0.1) is 0 Å². The molecule has 0 aliphatic carbocycles. The Kier molecular flexibility index (Phi) is 11.8. The van der Waals surface area contributed by atoms with E-state index < -0.39 is 11.1 Å². The Balaban J connectivity index is 0.000000274. The van der Waals surface area contributed by atoms with Crippen LogP contribution in [0.5, 0.6) is 0 Å². The van der Waals surface area contributed by atoms with Crippen molar-refractivity contribution in [3.63, 3.8) is 0 Å². The van der Waals surface area contributed by atoms with Crippen molar-refractivity contribution in [3.05, 3.63) is 58.7 Å². The van der Waals surface area contributed by atoms with Crippen LogP contribution in [0, 0.1) is 27.7 Å². The van der Waals surface area contributed by atoms with Crippen molar-refractivity contribution in [2.75, 3.05) is 43.9 Å². The maximum Gasteiger partial charge on any atom is 0.285 e. The summed E-state index contributed by atoms with van der Waals surface area (Å²) in [6.45, 7) is 20.5. The predicted octanol–water partition coefficient (Wildman–Crippen LogP) is 3.38. The first-order valence-electron chi connectivity index (χ1n) is 14.6. The van der Waals surface area contributed by atoms with Crippen molar-refractivity contribution in [1.29, 1.82) is 0 Å². The number of para-hydroxylation sites is 2. The topological polar surface area (TPSA) is 61.4 Å². The number of rotatable bonds is 6. The Morgan fingerprint density at radius 1 is 0.700 bits per heavy atom. The minimum Gasteiger partial charge on any atom is -1.00 e. The number of carbonyl (C=O) groups excluding carboxylic acids is 2. The molecule has 2 N–H and O–H groups in total. The summed E-state index contributed by atoms with van der Waals surface area (Å²) in [7, 11) is 2.21. The van der Waals surface area contributed by atoms with Gasteiger partial charge in [0.2, 0.25) is 5.91 Å². The molecule has 0 aromatic heterocycles. The van der Waals surface area contributed by atoms with Crippen LogP contribution in [0.25, 0.3) is 0 Å². The van der Waals surface area contributed by atoms with E-state index in [9.17, 15) is 9.59 Å². The van der Waals surface area contributed by atoms with Crippen LogP contribution in [-0.4, -0.2) is 65.5 Å². The van der Waals surface area contributed by atoms with Gasteiger partial charge in [0.1, 0.15) is 0 Å². The molecule has 0 saturated carbocycles. The third-order valence-electron chi connectivity index (χ3n) is 9.35. The monoisotopic (exact) mass is 662 g/mol. The summed E-state index contributed by atoms with van der Waals surface area (Å²) in [4.78, 5) is 27.7. The number of benzene rings is 2. The second kappa shape index (κ2) is 13.8. The first-order valence-corrected chi connectivity index (χ1v) is 14.6. The summed E-state index contributed by atoms with van der Waals surface area (Å²) < 4.78 is 0.837. The Labute approximate surface area is 259 Å². The molecule has 2 aliphatic rings. The van der Waals surface area contributed by atoms with Crippen molar-refractivity contribution >= 4 is 23.2 Å². The van der Waals surface area contributed by atoms with E-state index in [1.165, 1.54) is 25.7 Å². The van der Waals surface area contributed by atoms with Crippen molar-refractivity contribution in [2.45, 2.75) is 92.2 Å².